The monoisotopic (exact) mass is 281 g/mol. The van der Waals surface area contributed by atoms with E-state index >= 15 is 0 Å². The fraction of sp³-hybridized carbons (Fsp3) is 0.500. The van der Waals surface area contributed by atoms with Crippen LogP contribution in [-0.2, 0) is 0 Å². The van der Waals surface area contributed by atoms with Gasteiger partial charge in [-0.2, -0.15) is 0 Å². The molecule has 0 bridgehead atoms. The summed E-state index contributed by atoms with van der Waals surface area (Å²) in [5.41, 5.74) is 5.89. The molecule has 1 heteroatoms. The van der Waals surface area contributed by atoms with Crippen molar-refractivity contribution in [3.63, 3.8) is 0 Å². The Morgan fingerprint density at radius 2 is 1.19 bits per heavy atom. The molecule has 21 heavy (non-hydrogen) atoms. The molecular weight excluding hydrogens is 254 g/mol. The lowest BCUT2D eigenvalue weighted by Crippen LogP contribution is -2.37. The Hall–Kier alpha value is -1.34. The molecule has 0 unspecified atom stereocenters. The van der Waals surface area contributed by atoms with Gasteiger partial charge in [0.1, 0.15) is 0 Å². The van der Waals surface area contributed by atoms with E-state index in [0.717, 1.165) is 0 Å². The Labute approximate surface area is 128 Å². The molecule has 112 valence electrons. The largest absolute Gasteiger partial charge is 0.303 e. The molecule has 2 atom stereocenters. The number of benzene rings is 2. The van der Waals surface area contributed by atoms with Crippen LogP contribution in [0.3, 0.4) is 0 Å². The number of hydrogen-bond donors (Lipinski definition) is 1. The minimum Gasteiger partial charge on any atom is -0.303 e. The molecule has 1 nitrogen and oxygen atoms in total. The Kier molecular flexibility index (Phi) is 3.57. The van der Waals surface area contributed by atoms with Crippen LogP contribution in [0.25, 0.3) is 10.8 Å². The lowest BCUT2D eigenvalue weighted by Gasteiger charge is -2.39. The third-order valence-electron chi connectivity index (χ3n) is 5.02. The molecule has 1 N–H and O–H groups in total. The van der Waals surface area contributed by atoms with Gasteiger partial charge in [0.25, 0.3) is 0 Å². The van der Waals surface area contributed by atoms with Gasteiger partial charge in [-0.15, -0.1) is 0 Å². The summed E-state index contributed by atoms with van der Waals surface area (Å²) in [5, 5.41) is 6.87. The van der Waals surface area contributed by atoms with Crippen LogP contribution in [0.1, 0.15) is 62.0 Å². The molecule has 0 aromatic heterocycles. The summed E-state index contributed by atoms with van der Waals surface area (Å²) >= 11 is 0. The maximum Gasteiger partial charge on any atom is 0.0357 e. The normalized spacial score (nSPS) is 21.5. The van der Waals surface area contributed by atoms with Crippen LogP contribution in [0, 0.1) is 25.7 Å². The number of hydrogen-bond acceptors (Lipinski definition) is 1. The minimum atomic E-state index is 0.454. The SMILES string of the molecule is Cc1ccc2ccc(C)c3c2c1[C@H](C(C)C)N[C@H]3C(C)C. The maximum absolute atomic E-state index is 3.95. The van der Waals surface area contributed by atoms with Gasteiger partial charge >= 0.3 is 0 Å². The van der Waals surface area contributed by atoms with Crippen molar-refractivity contribution in [3.05, 3.63) is 46.5 Å². The first-order valence-electron chi connectivity index (χ1n) is 8.20. The second-order valence-electron chi connectivity index (χ2n) is 7.30. The van der Waals surface area contributed by atoms with Crippen LogP contribution in [0.5, 0.6) is 0 Å². The van der Waals surface area contributed by atoms with E-state index in [1.165, 1.54) is 33.0 Å². The molecule has 3 rings (SSSR count). The third kappa shape index (κ3) is 2.19. The van der Waals surface area contributed by atoms with Gasteiger partial charge in [-0.3, -0.25) is 0 Å². The third-order valence-corrected chi connectivity index (χ3v) is 5.02. The molecular formula is C20H27N. The quantitative estimate of drug-likeness (QED) is 0.771. The summed E-state index contributed by atoms with van der Waals surface area (Å²) in [6.45, 7) is 13.8. The predicted molar refractivity (Wildman–Crippen MR) is 91.7 cm³/mol. The van der Waals surface area contributed by atoms with Gasteiger partial charge < -0.3 is 5.32 Å². The molecule has 0 radical (unpaired) electrons. The number of rotatable bonds is 2. The number of nitrogens with one attached hydrogen (secondary N) is 1. The summed E-state index contributed by atoms with van der Waals surface area (Å²) in [6.07, 6.45) is 0. The van der Waals surface area contributed by atoms with Crippen LogP contribution < -0.4 is 5.32 Å². The van der Waals surface area contributed by atoms with Crippen molar-refractivity contribution in [1.29, 1.82) is 0 Å². The fourth-order valence-electron chi connectivity index (χ4n) is 3.90. The van der Waals surface area contributed by atoms with Crippen molar-refractivity contribution in [2.24, 2.45) is 11.8 Å². The summed E-state index contributed by atoms with van der Waals surface area (Å²) in [4.78, 5) is 0. The van der Waals surface area contributed by atoms with Crippen LogP contribution in [0.2, 0.25) is 0 Å². The predicted octanol–water partition coefficient (Wildman–Crippen LogP) is 5.45. The van der Waals surface area contributed by atoms with E-state index in [2.05, 4.69) is 71.1 Å². The highest BCUT2D eigenvalue weighted by Crippen LogP contribution is 2.44. The standard InChI is InChI=1S/C20H27N/c1-11(2)19-16-13(5)7-9-15-10-8-14(6)17(18(15)16)20(21-19)12(3)4/h7-12,19-21H,1-6H3/t19-,20-/m0/s1. The van der Waals surface area contributed by atoms with Crippen LogP contribution in [0.15, 0.2) is 24.3 Å². The molecule has 0 aliphatic carbocycles. The number of aryl methyl sites for hydroxylation is 2. The Morgan fingerprint density at radius 3 is 1.57 bits per heavy atom. The molecule has 1 heterocycles. The second-order valence-corrected chi connectivity index (χ2v) is 7.30. The fourth-order valence-corrected chi connectivity index (χ4v) is 3.90. The van der Waals surface area contributed by atoms with Gasteiger partial charge in [0.05, 0.1) is 0 Å². The average molecular weight is 281 g/mol. The van der Waals surface area contributed by atoms with Gasteiger partial charge in [0, 0.05) is 12.1 Å². The van der Waals surface area contributed by atoms with Crippen LogP contribution in [-0.4, -0.2) is 0 Å². The highest BCUT2D eigenvalue weighted by Gasteiger charge is 2.33. The molecule has 0 saturated heterocycles. The molecule has 0 spiro atoms. The first-order valence-corrected chi connectivity index (χ1v) is 8.20. The van der Waals surface area contributed by atoms with Crippen molar-refractivity contribution >= 4 is 10.8 Å². The molecule has 0 fully saturated rings. The summed E-state index contributed by atoms with van der Waals surface area (Å²) < 4.78 is 0. The Balaban J connectivity index is 2.42. The molecule has 1 aliphatic heterocycles. The van der Waals surface area contributed by atoms with Gasteiger partial charge in [0.2, 0.25) is 0 Å². The molecule has 2 aromatic rings. The first kappa shape index (κ1) is 14.6. The zero-order valence-corrected chi connectivity index (χ0v) is 14.1. The maximum atomic E-state index is 3.95. The molecule has 0 saturated carbocycles. The lowest BCUT2D eigenvalue weighted by molar-refractivity contribution is 0.306. The lowest BCUT2D eigenvalue weighted by atomic mass is 9.77. The Bertz CT molecular complexity index is 627. The molecule has 1 aliphatic rings. The van der Waals surface area contributed by atoms with Crippen molar-refractivity contribution in [3.8, 4) is 0 Å². The van der Waals surface area contributed by atoms with Crippen molar-refractivity contribution in [1.82, 2.24) is 5.32 Å². The van der Waals surface area contributed by atoms with Gasteiger partial charge in [-0.25, -0.2) is 0 Å². The molecule has 2 aromatic carbocycles. The van der Waals surface area contributed by atoms with E-state index < -0.39 is 0 Å². The van der Waals surface area contributed by atoms with Crippen LogP contribution >= 0.6 is 0 Å². The Morgan fingerprint density at radius 1 is 0.762 bits per heavy atom. The molecule has 0 amide bonds. The summed E-state index contributed by atoms with van der Waals surface area (Å²) in [6, 6.07) is 10.0. The van der Waals surface area contributed by atoms with Gasteiger partial charge in [-0.1, -0.05) is 52.0 Å². The van der Waals surface area contributed by atoms with Crippen molar-refractivity contribution in [2.75, 3.05) is 0 Å². The summed E-state index contributed by atoms with van der Waals surface area (Å²) in [7, 11) is 0. The van der Waals surface area contributed by atoms with Gasteiger partial charge in [-0.05, 0) is 58.7 Å². The highest BCUT2D eigenvalue weighted by molar-refractivity contribution is 5.92. The van der Waals surface area contributed by atoms with Crippen molar-refractivity contribution in [2.45, 2.75) is 53.6 Å². The average Bonchev–Trinajstić information content (AvgIpc) is 2.43. The first-order chi connectivity index (χ1) is 9.91. The topological polar surface area (TPSA) is 12.0 Å². The zero-order valence-electron chi connectivity index (χ0n) is 14.1. The van der Waals surface area contributed by atoms with E-state index in [1.54, 1.807) is 0 Å². The highest BCUT2D eigenvalue weighted by atomic mass is 15.0. The van der Waals surface area contributed by atoms with Crippen molar-refractivity contribution < 1.29 is 0 Å². The van der Waals surface area contributed by atoms with Crippen LogP contribution in [0.4, 0.5) is 0 Å². The van der Waals surface area contributed by atoms with E-state index in [0.29, 0.717) is 23.9 Å². The van der Waals surface area contributed by atoms with E-state index in [1.807, 2.05) is 0 Å². The zero-order chi connectivity index (χ0) is 15.3. The van der Waals surface area contributed by atoms with E-state index in [-0.39, 0.29) is 0 Å². The minimum absolute atomic E-state index is 0.454. The van der Waals surface area contributed by atoms with E-state index in [9.17, 15) is 0 Å². The smallest absolute Gasteiger partial charge is 0.0357 e. The van der Waals surface area contributed by atoms with E-state index in [4.69, 9.17) is 0 Å². The second kappa shape index (κ2) is 5.14. The summed E-state index contributed by atoms with van der Waals surface area (Å²) in [5.74, 6) is 1.20. The van der Waals surface area contributed by atoms with Gasteiger partial charge in [0.15, 0.2) is 0 Å².